The first-order valence-electron chi connectivity index (χ1n) is 16.6. The van der Waals surface area contributed by atoms with Crippen molar-refractivity contribution in [1.29, 1.82) is 0 Å². The highest BCUT2D eigenvalue weighted by molar-refractivity contribution is 6.36. The number of nitrogens with zero attached hydrogens (tertiary/aromatic N) is 5. The number of phenolic OH excluding ortho intramolecular Hbond substituents is 1. The van der Waals surface area contributed by atoms with Gasteiger partial charge in [-0.2, -0.15) is 9.97 Å². The molecule has 45 heavy (non-hydrogen) atoms. The van der Waals surface area contributed by atoms with Gasteiger partial charge in [0.15, 0.2) is 5.82 Å². The second-order valence-electron chi connectivity index (χ2n) is 14.2. The summed E-state index contributed by atoms with van der Waals surface area (Å²) in [7, 11) is 0. The van der Waals surface area contributed by atoms with Crippen LogP contribution in [0.3, 0.4) is 0 Å². The summed E-state index contributed by atoms with van der Waals surface area (Å²) in [6, 6.07) is 11.0. The Hall–Kier alpha value is -3.27. The van der Waals surface area contributed by atoms with E-state index in [1.165, 1.54) is 38.2 Å². The van der Waals surface area contributed by atoms with Crippen LogP contribution in [-0.4, -0.2) is 75.4 Å². The lowest BCUT2D eigenvalue weighted by atomic mass is 9.99. The molecule has 2 aromatic heterocycles. The fourth-order valence-electron chi connectivity index (χ4n) is 8.65. The second kappa shape index (κ2) is 10.6. The molecule has 5 aliphatic rings. The van der Waals surface area contributed by atoms with Gasteiger partial charge in [0.05, 0.1) is 12.0 Å². The van der Waals surface area contributed by atoms with Gasteiger partial charge in [-0.1, -0.05) is 30.2 Å². The van der Waals surface area contributed by atoms with Crippen molar-refractivity contribution < 1.29 is 14.2 Å². The first-order chi connectivity index (χ1) is 21.9. The van der Waals surface area contributed by atoms with Crippen LogP contribution in [0.4, 0.5) is 10.2 Å². The highest BCUT2D eigenvalue weighted by Crippen LogP contribution is 2.50. The van der Waals surface area contributed by atoms with Crippen LogP contribution in [0, 0.1) is 11.2 Å². The zero-order valence-corrected chi connectivity index (χ0v) is 26.1. The van der Waals surface area contributed by atoms with Crippen molar-refractivity contribution in [3.63, 3.8) is 0 Å². The van der Waals surface area contributed by atoms with Gasteiger partial charge in [-0.05, 0) is 75.0 Å². The van der Waals surface area contributed by atoms with Crippen LogP contribution >= 0.6 is 11.6 Å². The number of halogens is 2. The van der Waals surface area contributed by atoms with Crippen molar-refractivity contribution in [3.8, 4) is 23.0 Å². The Balaban J connectivity index is 1.10. The van der Waals surface area contributed by atoms with Crippen molar-refractivity contribution in [2.45, 2.75) is 82.0 Å². The number of anilines is 1. The Morgan fingerprint density at radius 1 is 1.02 bits per heavy atom. The van der Waals surface area contributed by atoms with E-state index in [1.54, 1.807) is 18.3 Å². The van der Waals surface area contributed by atoms with Gasteiger partial charge in [0.1, 0.15) is 22.8 Å². The van der Waals surface area contributed by atoms with E-state index in [0.717, 1.165) is 57.4 Å². The summed E-state index contributed by atoms with van der Waals surface area (Å²) in [6.07, 6.45) is 12.8. The van der Waals surface area contributed by atoms with Crippen molar-refractivity contribution in [3.05, 3.63) is 47.4 Å². The number of rotatable bonds is 7. The van der Waals surface area contributed by atoms with E-state index in [0.29, 0.717) is 51.3 Å². The van der Waals surface area contributed by atoms with E-state index in [-0.39, 0.29) is 28.4 Å². The predicted molar refractivity (Wildman–Crippen MR) is 174 cm³/mol. The van der Waals surface area contributed by atoms with E-state index < -0.39 is 5.82 Å². The summed E-state index contributed by atoms with van der Waals surface area (Å²) in [6.45, 7) is 3.19. The van der Waals surface area contributed by atoms with Gasteiger partial charge in [0, 0.05) is 71.4 Å². The molecule has 9 rings (SSSR count). The van der Waals surface area contributed by atoms with E-state index in [9.17, 15) is 5.11 Å². The first kappa shape index (κ1) is 28.0. The zero-order chi connectivity index (χ0) is 30.3. The van der Waals surface area contributed by atoms with Gasteiger partial charge in [-0.3, -0.25) is 9.88 Å². The largest absolute Gasteiger partial charge is 0.508 e. The highest BCUT2D eigenvalue weighted by Gasteiger charge is 2.49. The molecule has 2 unspecified atom stereocenters. The Labute approximate surface area is 266 Å². The molecule has 1 saturated carbocycles. The Bertz CT molecular complexity index is 1790. The minimum atomic E-state index is -0.572. The third-order valence-corrected chi connectivity index (χ3v) is 11.5. The number of phenols is 1. The molecule has 6 heterocycles. The molecular weight excluding hydrogens is 591 g/mol. The van der Waals surface area contributed by atoms with Crippen LogP contribution in [0.2, 0.25) is 5.02 Å². The van der Waals surface area contributed by atoms with Gasteiger partial charge in [0.25, 0.3) is 0 Å². The van der Waals surface area contributed by atoms with Crippen LogP contribution in [0.15, 0.2) is 36.5 Å². The Morgan fingerprint density at radius 2 is 1.80 bits per heavy atom. The molecule has 4 aliphatic heterocycles. The minimum Gasteiger partial charge on any atom is -0.508 e. The number of piperazine rings is 1. The van der Waals surface area contributed by atoms with E-state index >= 15 is 4.39 Å². The molecule has 0 amide bonds. The quantitative estimate of drug-likeness (QED) is 0.241. The summed E-state index contributed by atoms with van der Waals surface area (Å²) in [5, 5.41) is 16.6. The molecule has 2 N–H and O–H groups in total. The van der Waals surface area contributed by atoms with Crippen molar-refractivity contribution >= 4 is 39.1 Å². The van der Waals surface area contributed by atoms with Gasteiger partial charge >= 0.3 is 6.01 Å². The number of benzene rings is 2. The third-order valence-electron chi connectivity index (χ3n) is 11.2. The molecule has 0 radical (unpaired) electrons. The summed E-state index contributed by atoms with van der Waals surface area (Å²) >= 11 is 6.61. The topological polar surface area (TPSA) is 86.6 Å². The molecule has 2 aromatic carbocycles. The monoisotopic (exact) mass is 628 g/mol. The molecule has 4 atom stereocenters. The molecule has 8 nitrogen and oxygen atoms in total. The maximum absolute atomic E-state index is 16.8. The molecule has 10 heteroatoms. The van der Waals surface area contributed by atoms with E-state index in [1.807, 2.05) is 12.1 Å². The number of nitrogens with one attached hydrogen (secondary N) is 1. The fourth-order valence-corrected chi connectivity index (χ4v) is 8.93. The molecule has 5 fully saturated rings. The standard InChI is InChI=1S/C35H38ClFN6O2/c36-28-6-1-3-20-13-25(44)14-26(29(20)28)31-30(37)32-27(15-38-31)33(42-16-21-7-8-22(17-42)39-21)41-34(40-32)45-19-35(11-12-35)18-43-23-4-2-5-24(43)10-9-23/h1,3,6,13-15,21-24,39,44H,2,4-5,7-12,16-19H2/t21-,22+,23?,24?. The van der Waals surface area contributed by atoms with Crippen LogP contribution < -0.4 is 15.0 Å². The number of aromatic nitrogens is 3. The van der Waals surface area contributed by atoms with Gasteiger partial charge < -0.3 is 20.1 Å². The first-order valence-corrected chi connectivity index (χ1v) is 17.0. The summed E-state index contributed by atoms with van der Waals surface area (Å²) < 4.78 is 23.2. The van der Waals surface area contributed by atoms with Crippen molar-refractivity contribution in [1.82, 2.24) is 25.2 Å². The minimum absolute atomic E-state index is 0.0154. The van der Waals surface area contributed by atoms with E-state index in [2.05, 4.69) is 20.1 Å². The second-order valence-corrected chi connectivity index (χ2v) is 14.6. The Kier molecular flexibility index (Phi) is 6.62. The molecule has 1 aliphatic carbocycles. The maximum atomic E-state index is 16.8. The normalized spacial score (nSPS) is 27.0. The molecule has 4 saturated heterocycles. The average Bonchev–Trinajstić information content (AvgIpc) is 3.68. The Morgan fingerprint density at radius 3 is 2.56 bits per heavy atom. The number of pyridine rings is 1. The molecule has 0 spiro atoms. The number of fused-ring (bicyclic) bond motifs is 6. The number of ether oxygens (including phenoxy) is 1. The SMILES string of the molecule is Oc1cc(-c2ncc3c(N4C[C@H]5CC[C@@H](C4)N5)nc(OCC4(CN5C6CCCC5CC6)CC4)nc3c2F)c2c(Cl)cccc2c1. The van der Waals surface area contributed by atoms with Crippen LogP contribution in [0.1, 0.15) is 57.8 Å². The zero-order valence-electron chi connectivity index (χ0n) is 25.3. The van der Waals surface area contributed by atoms with Crippen molar-refractivity contribution in [2.24, 2.45) is 5.41 Å². The van der Waals surface area contributed by atoms with Crippen LogP contribution in [0.5, 0.6) is 11.8 Å². The maximum Gasteiger partial charge on any atom is 0.319 e. The molecule has 4 aromatic rings. The highest BCUT2D eigenvalue weighted by atomic mass is 35.5. The van der Waals surface area contributed by atoms with Gasteiger partial charge in [-0.15, -0.1) is 0 Å². The molecule has 4 bridgehead atoms. The van der Waals surface area contributed by atoms with Crippen molar-refractivity contribution in [2.75, 3.05) is 31.1 Å². The summed E-state index contributed by atoms with van der Waals surface area (Å²) in [5.41, 5.74) is 0.801. The predicted octanol–water partition coefficient (Wildman–Crippen LogP) is 6.46. The molecule has 234 valence electrons. The smallest absolute Gasteiger partial charge is 0.319 e. The van der Waals surface area contributed by atoms with Crippen LogP contribution in [0.25, 0.3) is 32.9 Å². The number of hydrogen-bond donors (Lipinski definition) is 2. The van der Waals surface area contributed by atoms with Gasteiger partial charge in [0.2, 0.25) is 0 Å². The number of piperidine rings is 1. The lowest BCUT2D eigenvalue weighted by molar-refractivity contribution is 0.0882. The lowest BCUT2D eigenvalue weighted by Gasteiger charge is -2.37. The summed E-state index contributed by atoms with van der Waals surface area (Å²) in [5.74, 6) is 0.114. The average molecular weight is 629 g/mol. The van der Waals surface area contributed by atoms with Crippen LogP contribution in [-0.2, 0) is 0 Å². The lowest BCUT2D eigenvalue weighted by Crippen LogP contribution is -2.51. The summed E-state index contributed by atoms with van der Waals surface area (Å²) in [4.78, 5) is 19.3. The number of hydrogen-bond acceptors (Lipinski definition) is 8. The van der Waals surface area contributed by atoms with E-state index in [4.69, 9.17) is 26.3 Å². The molecular formula is C35H38ClFN6O2. The third kappa shape index (κ3) is 4.89. The fraction of sp³-hybridized carbons (Fsp3) is 0.514. The van der Waals surface area contributed by atoms with Gasteiger partial charge in [-0.25, -0.2) is 4.39 Å². The number of aromatic hydroxyl groups is 1.